The van der Waals surface area contributed by atoms with Crippen molar-refractivity contribution in [1.29, 1.82) is 0 Å². The number of aliphatic carboxylic acids is 4. The molecule has 0 radical (unpaired) electrons. The third kappa shape index (κ3) is 12.7. The van der Waals surface area contributed by atoms with Gasteiger partial charge in [0.25, 0.3) is 0 Å². The number of hydrogen-bond donors (Lipinski definition) is 4. The van der Waals surface area contributed by atoms with Gasteiger partial charge in [-0.2, -0.15) is 0 Å². The van der Waals surface area contributed by atoms with Crippen LogP contribution in [-0.4, -0.2) is 44.3 Å². The van der Waals surface area contributed by atoms with Crippen LogP contribution in [0, 0.1) is 0 Å². The minimum Gasteiger partial charge on any atom is -0.481 e. The highest BCUT2D eigenvalue weighted by atomic mass is 16.4. The summed E-state index contributed by atoms with van der Waals surface area (Å²) in [6.45, 7) is 0. The van der Waals surface area contributed by atoms with Crippen LogP contribution in [0.25, 0.3) is 0 Å². The Kier molecular flexibility index (Phi) is 12.2. The maximum atomic E-state index is 11.5. The molecule has 0 amide bonds. The molecule has 0 saturated carbocycles. The third-order valence-electron chi connectivity index (χ3n) is 3.63. The van der Waals surface area contributed by atoms with Crippen molar-refractivity contribution in [3.63, 3.8) is 0 Å². The molecule has 0 aliphatic rings. The first-order valence-electron chi connectivity index (χ1n) is 8.52. The first-order chi connectivity index (χ1) is 12.2. The fourth-order valence-electron chi connectivity index (χ4n) is 2.33. The number of allylic oxidation sites excluding steroid dienone is 2. The van der Waals surface area contributed by atoms with E-state index < -0.39 is 23.9 Å². The van der Waals surface area contributed by atoms with E-state index >= 15 is 0 Å². The molecule has 8 nitrogen and oxygen atoms in total. The normalized spacial score (nSPS) is 12.0. The fraction of sp³-hybridized carbons (Fsp3) is 0.556. The smallest absolute Gasteiger partial charge is 0.335 e. The lowest BCUT2D eigenvalue weighted by Gasteiger charge is -2.08. The highest BCUT2D eigenvalue weighted by molar-refractivity contribution is 5.92. The van der Waals surface area contributed by atoms with Crippen LogP contribution in [0.5, 0.6) is 0 Å². The predicted molar refractivity (Wildman–Crippen MR) is 92.9 cm³/mol. The second-order valence-corrected chi connectivity index (χ2v) is 5.83. The second-order valence-electron chi connectivity index (χ2n) is 5.83. The summed E-state index contributed by atoms with van der Waals surface area (Å²) in [5, 5.41) is 35.4. The van der Waals surface area contributed by atoms with Crippen LogP contribution < -0.4 is 0 Å². The molecule has 0 rings (SSSR count). The van der Waals surface area contributed by atoms with Gasteiger partial charge in [0.05, 0.1) is 5.57 Å². The Morgan fingerprint density at radius 2 is 1.15 bits per heavy atom. The topological polar surface area (TPSA) is 149 Å². The Balaban J connectivity index is 4.79. The summed E-state index contributed by atoms with van der Waals surface area (Å²) in [7, 11) is 0. The number of rotatable bonds is 15. The molecule has 0 aliphatic carbocycles. The number of carbonyl (C=O) groups is 4. The highest BCUT2D eigenvalue weighted by Crippen LogP contribution is 2.20. The van der Waals surface area contributed by atoms with Crippen molar-refractivity contribution in [2.24, 2.45) is 0 Å². The van der Waals surface area contributed by atoms with Gasteiger partial charge in [-0.15, -0.1) is 0 Å². The monoisotopic (exact) mass is 370 g/mol. The lowest BCUT2D eigenvalue weighted by atomic mass is 9.97. The molecule has 0 spiro atoms. The summed E-state index contributed by atoms with van der Waals surface area (Å²) >= 11 is 0. The molecule has 0 atom stereocenters. The number of unbranched alkanes of at least 4 members (excludes halogenated alkanes) is 4. The SMILES string of the molecule is O=C(O)CCC=C(CCC(=O)O)C(=CCCCCCCC(=O)O)C(=O)O. The fourth-order valence-corrected chi connectivity index (χ4v) is 2.33. The highest BCUT2D eigenvalue weighted by Gasteiger charge is 2.14. The molecule has 0 saturated heterocycles. The summed E-state index contributed by atoms with van der Waals surface area (Å²) in [6.07, 6.45) is 6.10. The summed E-state index contributed by atoms with van der Waals surface area (Å²) in [6, 6.07) is 0. The zero-order valence-electron chi connectivity index (χ0n) is 14.6. The van der Waals surface area contributed by atoms with Gasteiger partial charge in [0.1, 0.15) is 0 Å². The van der Waals surface area contributed by atoms with Gasteiger partial charge in [-0.05, 0) is 37.7 Å². The Morgan fingerprint density at radius 3 is 1.69 bits per heavy atom. The van der Waals surface area contributed by atoms with Crippen molar-refractivity contribution in [3.05, 3.63) is 23.3 Å². The number of hydrogen-bond acceptors (Lipinski definition) is 4. The Hall–Kier alpha value is -2.64. The van der Waals surface area contributed by atoms with Crippen molar-refractivity contribution in [2.45, 2.75) is 64.2 Å². The van der Waals surface area contributed by atoms with Crippen LogP contribution >= 0.6 is 0 Å². The molecular weight excluding hydrogens is 344 g/mol. The lowest BCUT2D eigenvalue weighted by Crippen LogP contribution is -2.07. The summed E-state index contributed by atoms with van der Waals surface area (Å²) in [5.74, 6) is -4.09. The molecule has 0 aromatic heterocycles. The van der Waals surface area contributed by atoms with Crippen LogP contribution in [0.3, 0.4) is 0 Å². The van der Waals surface area contributed by atoms with Crippen LogP contribution in [0.4, 0.5) is 0 Å². The zero-order valence-corrected chi connectivity index (χ0v) is 14.6. The number of carboxylic acid groups (broad SMARTS) is 4. The minimum absolute atomic E-state index is 0.00201. The van der Waals surface area contributed by atoms with Crippen molar-refractivity contribution >= 4 is 23.9 Å². The van der Waals surface area contributed by atoms with E-state index in [1.54, 1.807) is 0 Å². The van der Waals surface area contributed by atoms with E-state index in [1.807, 2.05) is 0 Å². The van der Waals surface area contributed by atoms with Crippen LogP contribution in [-0.2, 0) is 19.2 Å². The van der Waals surface area contributed by atoms with Gasteiger partial charge < -0.3 is 20.4 Å². The van der Waals surface area contributed by atoms with Crippen molar-refractivity contribution in [3.8, 4) is 0 Å². The molecule has 0 unspecified atom stereocenters. The Bertz CT molecular complexity index is 560. The molecule has 26 heavy (non-hydrogen) atoms. The minimum atomic E-state index is -1.18. The van der Waals surface area contributed by atoms with Crippen molar-refractivity contribution in [1.82, 2.24) is 0 Å². The quantitative estimate of drug-likeness (QED) is 0.195. The zero-order chi connectivity index (χ0) is 19.9. The van der Waals surface area contributed by atoms with E-state index in [0.29, 0.717) is 24.8 Å². The van der Waals surface area contributed by atoms with Gasteiger partial charge >= 0.3 is 23.9 Å². The molecule has 0 aliphatic heterocycles. The Morgan fingerprint density at radius 1 is 0.577 bits per heavy atom. The first-order valence-corrected chi connectivity index (χ1v) is 8.52. The summed E-state index contributed by atoms with van der Waals surface area (Å²) in [5.41, 5.74) is 0.328. The maximum absolute atomic E-state index is 11.5. The van der Waals surface area contributed by atoms with E-state index in [1.165, 1.54) is 12.2 Å². The van der Waals surface area contributed by atoms with E-state index in [4.69, 9.17) is 15.3 Å². The molecule has 8 heteroatoms. The largest absolute Gasteiger partial charge is 0.481 e. The molecule has 146 valence electrons. The van der Waals surface area contributed by atoms with Crippen LogP contribution in [0.2, 0.25) is 0 Å². The van der Waals surface area contributed by atoms with Gasteiger partial charge in [0, 0.05) is 19.3 Å². The van der Waals surface area contributed by atoms with E-state index in [2.05, 4.69) is 0 Å². The van der Waals surface area contributed by atoms with Crippen molar-refractivity contribution < 1.29 is 39.6 Å². The second kappa shape index (κ2) is 13.6. The lowest BCUT2D eigenvalue weighted by molar-refractivity contribution is -0.138. The molecule has 0 fully saturated rings. The molecule has 4 N–H and O–H groups in total. The van der Waals surface area contributed by atoms with E-state index in [0.717, 1.165) is 12.8 Å². The van der Waals surface area contributed by atoms with Gasteiger partial charge in [-0.3, -0.25) is 14.4 Å². The molecule has 0 bridgehead atoms. The van der Waals surface area contributed by atoms with Crippen molar-refractivity contribution in [2.75, 3.05) is 0 Å². The predicted octanol–water partition coefficient (Wildman–Crippen LogP) is 3.08. The summed E-state index contributed by atoms with van der Waals surface area (Å²) in [4.78, 5) is 43.2. The molecule has 0 heterocycles. The molecular formula is C18H26O8. The first kappa shape index (κ1) is 23.4. The van der Waals surface area contributed by atoms with Gasteiger partial charge in [-0.25, -0.2) is 4.79 Å². The van der Waals surface area contributed by atoms with Crippen LogP contribution in [0.1, 0.15) is 64.2 Å². The average molecular weight is 370 g/mol. The third-order valence-corrected chi connectivity index (χ3v) is 3.63. The summed E-state index contributed by atoms with van der Waals surface area (Å²) < 4.78 is 0. The molecule has 0 aromatic carbocycles. The standard InChI is InChI=1S/C18H26O8/c19-15(20)9-5-3-1-2-4-8-14(18(25)26)13(11-12-17(23)24)7-6-10-16(21)22/h7-8H,1-6,9-12H2,(H,19,20)(H,21,22)(H,23,24)(H,25,26). The van der Waals surface area contributed by atoms with Crippen LogP contribution in [0.15, 0.2) is 23.3 Å². The number of carboxylic acids is 4. The van der Waals surface area contributed by atoms with Gasteiger partial charge in [-0.1, -0.05) is 25.0 Å². The van der Waals surface area contributed by atoms with Gasteiger partial charge in [0.2, 0.25) is 0 Å². The van der Waals surface area contributed by atoms with E-state index in [-0.39, 0.29) is 37.7 Å². The maximum Gasteiger partial charge on any atom is 0.335 e. The van der Waals surface area contributed by atoms with Gasteiger partial charge in [0.15, 0.2) is 0 Å². The molecule has 0 aromatic rings. The van der Waals surface area contributed by atoms with E-state index in [9.17, 15) is 24.3 Å². The average Bonchev–Trinajstić information content (AvgIpc) is 2.52. The Labute approximate surface area is 151 Å².